The van der Waals surface area contributed by atoms with Gasteiger partial charge in [-0.25, -0.2) is 4.98 Å². The number of benzene rings is 3. The highest BCUT2D eigenvalue weighted by Gasteiger charge is 2.31. The number of oxazole rings is 1. The van der Waals surface area contributed by atoms with Crippen LogP contribution in [0.3, 0.4) is 0 Å². The molecule has 4 aromatic rings. The molecule has 0 aliphatic heterocycles. The number of rotatable bonds is 2. The third-order valence-corrected chi connectivity index (χ3v) is 5.28. The molecule has 2 N–H and O–H groups in total. The Balaban J connectivity index is 1.63. The number of thiocarbonyl (C=S) groups is 1. The smallest absolute Gasteiger partial charge is 0.278 e. The van der Waals surface area contributed by atoms with Crippen molar-refractivity contribution in [2.24, 2.45) is 0 Å². The number of amides is 1. The monoisotopic (exact) mass is 497 g/mol. The van der Waals surface area contributed by atoms with Crippen LogP contribution >= 0.6 is 58.6 Å². The van der Waals surface area contributed by atoms with Crippen LogP contribution in [0.15, 0.2) is 59.0 Å². The first-order valence-corrected chi connectivity index (χ1v) is 10.4. The van der Waals surface area contributed by atoms with Gasteiger partial charge in [0.05, 0.1) is 0 Å². The summed E-state index contributed by atoms with van der Waals surface area (Å²) in [6.07, 6.45) is 0. The summed E-state index contributed by atoms with van der Waals surface area (Å²) < 4.78 is 3.82. The summed E-state index contributed by atoms with van der Waals surface area (Å²) in [6.45, 7) is 0. The molecule has 152 valence electrons. The molecule has 10 heteroatoms. The van der Waals surface area contributed by atoms with Crippen LogP contribution in [0.5, 0.6) is 0 Å². The topological polar surface area (TPSA) is 67.2 Å². The molecule has 0 fully saturated rings. The number of hydrogen-bond acceptors (Lipinski definition) is 4. The second-order valence-electron chi connectivity index (χ2n) is 6.25. The van der Waals surface area contributed by atoms with E-state index in [9.17, 15) is 4.79 Å². The lowest BCUT2D eigenvalue weighted by atomic mass is 10.0. The van der Waals surface area contributed by atoms with Gasteiger partial charge >= 0.3 is 0 Å². The summed E-state index contributed by atoms with van der Waals surface area (Å²) in [4.78, 5) is 16.3. The Labute approximate surface area is 196 Å². The molecule has 1 amide bonds. The Kier molecular flexibility index (Phi) is 5.79. The van der Waals surface area contributed by atoms with Gasteiger partial charge in [0.15, 0.2) is 10.7 Å². The predicted molar refractivity (Wildman–Crippen MR) is 127 cm³/mol. The summed E-state index contributed by atoms with van der Waals surface area (Å²) in [6, 6.07) is 16.6. The van der Waals surface area contributed by atoms with Gasteiger partial charge in [0.2, 0.25) is 5.89 Å². The number of hydrogen-bond donors (Lipinski definition) is 2. The van der Waals surface area contributed by atoms with E-state index in [1.165, 1.54) is 0 Å². The van der Waals surface area contributed by atoms with Crippen LogP contribution in [0.1, 0.15) is 0 Å². The van der Waals surface area contributed by atoms with Gasteiger partial charge in [-0.3, -0.25) is 10.1 Å². The van der Waals surface area contributed by atoms with Gasteiger partial charge in [-0.05, 0) is 47.9 Å². The van der Waals surface area contributed by atoms with E-state index < -0.39 is 9.70 Å². The normalized spacial score (nSPS) is 11.6. The highest BCUT2D eigenvalue weighted by molar-refractivity contribution is 7.80. The van der Waals surface area contributed by atoms with E-state index >= 15 is 0 Å². The van der Waals surface area contributed by atoms with Gasteiger partial charge in [-0.1, -0.05) is 70.7 Å². The molecule has 0 atom stereocenters. The first kappa shape index (κ1) is 21.2. The molecule has 0 saturated carbocycles. The number of nitrogens with zero attached hydrogens (tertiary/aromatic N) is 1. The van der Waals surface area contributed by atoms with E-state index in [0.29, 0.717) is 27.7 Å². The van der Waals surface area contributed by atoms with Gasteiger partial charge in [-0.2, -0.15) is 0 Å². The number of aromatic nitrogens is 1. The van der Waals surface area contributed by atoms with E-state index in [2.05, 4.69) is 15.6 Å². The quantitative estimate of drug-likeness (QED) is 0.244. The molecular weight excluding hydrogens is 488 g/mol. The van der Waals surface area contributed by atoms with Crippen molar-refractivity contribution >= 4 is 97.2 Å². The van der Waals surface area contributed by atoms with Gasteiger partial charge < -0.3 is 9.73 Å². The zero-order valence-corrected chi connectivity index (χ0v) is 18.7. The Bertz CT molecular complexity index is 1300. The largest absolute Gasteiger partial charge is 0.436 e. The maximum Gasteiger partial charge on any atom is 0.278 e. The van der Waals surface area contributed by atoms with Crippen molar-refractivity contribution in [3.05, 3.63) is 59.6 Å². The number of alkyl halides is 3. The van der Waals surface area contributed by atoms with Crippen LogP contribution in [0, 0.1) is 0 Å². The minimum Gasteiger partial charge on any atom is -0.436 e. The molecular formula is C20H11Cl4N3O2S. The summed E-state index contributed by atoms with van der Waals surface area (Å²) in [5.41, 5.74) is 2.60. The predicted octanol–water partition coefficient (Wildman–Crippen LogP) is 6.48. The molecule has 30 heavy (non-hydrogen) atoms. The van der Waals surface area contributed by atoms with Crippen LogP contribution in [-0.4, -0.2) is 19.8 Å². The Hall–Kier alpha value is -2.09. The van der Waals surface area contributed by atoms with Gasteiger partial charge in [0.1, 0.15) is 5.52 Å². The first-order valence-electron chi connectivity index (χ1n) is 8.50. The number of fused-ring (bicyclic) bond motifs is 2. The molecule has 1 aromatic heterocycles. The van der Waals surface area contributed by atoms with Gasteiger partial charge in [0.25, 0.3) is 9.70 Å². The molecule has 0 saturated heterocycles. The Morgan fingerprint density at radius 3 is 2.53 bits per heavy atom. The first-order chi connectivity index (χ1) is 14.2. The van der Waals surface area contributed by atoms with Crippen molar-refractivity contribution < 1.29 is 9.21 Å². The average molecular weight is 499 g/mol. The van der Waals surface area contributed by atoms with Crippen molar-refractivity contribution in [2.75, 3.05) is 5.32 Å². The maximum atomic E-state index is 11.7. The minimum atomic E-state index is -2.11. The zero-order chi connectivity index (χ0) is 21.5. The third-order valence-electron chi connectivity index (χ3n) is 4.23. The van der Waals surface area contributed by atoms with E-state index in [-0.39, 0.29) is 5.11 Å². The maximum absolute atomic E-state index is 11.7. The zero-order valence-electron chi connectivity index (χ0n) is 14.9. The van der Waals surface area contributed by atoms with E-state index in [4.69, 9.17) is 63.0 Å². The van der Waals surface area contributed by atoms with Crippen LogP contribution in [0.2, 0.25) is 5.02 Å². The molecule has 0 radical (unpaired) electrons. The Morgan fingerprint density at radius 2 is 1.77 bits per heavy atom. The molecule has 5 nitrogen and oxygen atoms in total. The molecule has 0 aliphatic rings. The second kappa shape index (κ2) is 8.21. The van der Waals surface area contributed by atoms with Gasteiger partial charge in [0, 0.05) is 21.7 Å². The van der Waals surface area contributed by atoms with Crippen LogP contribution < -0.4 is 10.6 Å². The summed E-state index contributed by atoms with van der Waals surface area (Å²) in [7, 11) is 0. The van der Waals surface area contributed by atoms with Crippen LogP contribution in [-0.2, 0) is 4.79 Å². The lowest BCUT2D eigenvalue weighted by Crippen LogP contribution is -2.41. The van der Waals surface area contributed by atoms with Crippen molar-refractivity contribution in [2.45, 2.75) is 3.79 Å². The molecule has 3 aromatic carbocycles. The molecule has 0 unspecified atom stereocenters. The summed E-state index contributed by atoms with van der Waals surface area (Å²) >= 11 is 27.9. The Morgan fingerprint density at radius 1 is 1.03 bits per heavy atom. The molecule has 0 aliphatic carbocycles. The third kappa shape index (κ3) is 4.33. The molecule has 0 spiro atoms. The number of carbonyl (C=O) groups excluding carboxylic acids is 1. The standard InChI is InChI=1S/C20H11Cl4N3O2S/c21-14-6-2-3-11-12(14)4-1-5-13(11)17-26-15-9-10(7-8-16(15)29-17)25-19(30)27-18(28)20(22,23)24/h1-9H,(H2,25,27,28,30). The van der Waals surface area contributed by atoms with Crippen molar-refractivity contribution in [1.82, 2.24) is 10.3 Å². The van der Waals surface area contributed by atoms with Gasteiger partial charge in [-0.15, -0.1) is 0 Å². The molecule has 4 rings (SSSR count). The second-order valence-corrected chi connectivity index (χ2v) is 9.34. The van der Waals surface area contributed by atoms with Crippen LogP contribution in [0.25, 0.3) is 33.3 Å². The fourth-order valence-corrected chi connectivity index (χ4v) is 3.50. The highest BCUT2D eigenvalue weighted by Crippen LogP contribution is 2.34. The van der Waals surface area contributed by atoms with E-state index in [1.54, 1.807) is 18.2 Å². The average Bonchev–Trinajstić information content (AvgIpc) is 3.10. The lowest BCUT2D eigenvalue weighted by molar-refractivity contribution is -0.118. The number of anilines is 1. The number of carbonyl (C=O) groups is 1. The van der Waals surface area contributed by atoms with Crippen molar-refractivity contribution in [3.63, 3.8) is 0 Å². The van der Waals surface area contributed by atoms with Crippen LogP contribution in [0.4, 0.5) is 5.69 Å². The van der Waals surface area contributed by atoms with Crippen molar-refractivity contribution in [1.29, 1.82) is 0 Å². The fraction of sp³-hybridized carbons (Fsp3) is 0.0500. The van der Waals surface area contributed by atoms with E-state index in [1.807, 2.05) is 36.4 Å². The van der Waals surface area contributed by atoms with Crippen molar-refractivity contribution in [3.8, 4) is 11.5 Å². The molecule has 0 bridgehead atoms. The summed E-state index contributed by atoms with van der Waals surface area (Å²) in [5, 5.41) is 7.64. The molecule has 1 heterocycles. The summed E-state index contributed by atoms with van der Waals surface area (Å²) in [5.74, 6) is -0.397. The SMILES string of the molecule is O=C(NC(=S)Nc1ccc2oc(-c3cccc4c(Cl)cccc34)nc2c1)C(Cl)(Cl)Cl. The number of nitrogens with one attached hydrogen (secondary N) is 2. The highest BCUT2D eigenvalue weighted by atomic mass is 35.6. The number of halogens is 4. The van der Waals surface area contributed by atoms with E-state index in [0.717, 1.165) is 16.3 Å². The fourth-order valence-electron chi connectivity index (χ4n) is 2.91. The minimum absolute atomic E-state index is 0.0157. The lowest BCUT2D eigenvalue weighted by Gasteiger charge is -2.13.